The number of amides is 1. The van der Waals surface area contributed by atoms with Crippen molar-refractivity contribution in [1.29, 1.82) is 0 Å². The smallest absolute Gasteiger partial charge is 0.244 e. The van der Waals surface area contributed by atoms with Gasteiger partial charge in [-0.05, 0) is 23.3 Å². The highest BCUT2D eigenvalue weighted by Gasteiger charge is 2.29. The summed E-state index contributed by atoms with van der Waals surface area (Å²) in [6.45, 7) is 5.54. The van der Waals surface area contributed by atoms with Gasteiger partial charge in [0.05, 0.1) is 5.92 Å². The van der Waals surface area contributed by atoms with Crippen molar-refractivity contribution < 1.29 is 9.32 Å². The third-order valence-corrected chi connectivity index (χ3v) is 3.79. The Kier molecular flexibility index (Phi) is 4.12. The topological polar surface area (TPSA) is 103 Å². The number of likely N-dealkylation sites (tertiary alicyclic amines) is 1. The molecule has 1 fully saturated rings. The molecule has 9 heteroatoms. The maximum absolute atomic E-state index is 12.3. The molecule has 0 spiro atoms. The lowest BCUT2D eigenvalue weighted by Crippen LogP contribution is -2.41. The van der Waals surface area contributed by atoms with Gasteiger partial charge in [0, 0.05) is 19.0 Å². The molecule has 0 unspecified atom stereocenters. The van der Waals surface area contributed by atoms with E-state index < -0.39 is 0 Å². The van der Waals surface area contributed by atoms with Crippen LogP contribution in [0.1, 0.15) is 50.2 Å². The van der Waals surface area contributed by atoms with Crippen LogP contribution in [0.3, 0.4) is 0 Å². The predicted molar refractivity (Wildman–Crippen MR) is 74.8 cm³/mol. The van der Waals surface area contributed by atoms with Crippen LogP contribution in [0.2, 0.25) is 0 Å². The molecule has 22 heavy (non-hydrogen) atoms. The Bertz CT molecular complexity index is 622. The van der Waals surface area contributed by atoms with Crippen molar-refractivity contribution in [3.05, 3.63) is 18.0 Å². The molecule has 3 rings (SSSR count). The molecular formula is C13H19N7O2. The van der Waals surface area contributed by atoms with Gasteiger partial charge < -0.3 is 9.42 Å². The minimum absolute atomic E-state index is 0.000554. The Morgan fingerprint density at radius 2 is 2.36 bits per heavy atom. The second kappa shape index (κ2) is 6.20. The van der Waals surface area contributed by atoms with Crippen LogP contribution in [0.4, 0.5) is 0 Å². The molecule has 9 nitrogen and oxygen atoms in total. The van der Waals surface area contributed by atoms with Gasteiger partial charge in [-0.25, -0.2) is 4.68 Å². The van der Waals surface area contributed by atoms with E-state index in [1.54, 1.807) is 0 Å². The molecule has 1 aliphatic heterocycles. The third kappa shape index (κ3) is 3.12. The Morgan fingerprint density at radius 3 is 3.05 bits per heavy atom. The van der Waals surface area contributed by atoms with Gasteiger partial charge >= 0.3 is 0 Å². The second-order valence-electron chi connectivity index (χ2n) is 5.83. The summed E-state index contributed by atoms with van der Waals surface area (Å²) in [5.41, 5.74) is 0. The number of carbonyl (C=O) groups is 1. The Balaban J connectivity index is 1.64. The van der Waals surface area contributed by atoms with Crippen molar-refractivity contribution >= 4 is 5.91 Å². The van der Waals surface area contributed by atoms with Gasteiger partial charge in [-0.2, -0.15) is 4.98 Å². The van der Waals surface area contributed by atoms with Crippen molar-refractivity contribution in [3.63, 3.8) is 0 Å². The molecule has 2 aromatic heterocycles. The third-order valence-electron chi connectivity index (χ3n) is 3.79. The summed E-state index contributed by atoms with van der Waals surface area (Å²) in [4.78, 5) is 18.6. The summed E-state index contributed by atoms with van der Waals surface area (Å²) in [5, 5.41) is 14.8. The lowest BCUT2D eigenvalue weighted by molar-refractivity contribution is -0.133. The first kappa shape index (κ1) is 14.6. The summed E-state index contributed by atoms with van der Waals surface area (Å²) in [7, 11) is 0. The average molecular weight is 305 g/mol. The lowest BCUT2D eigenvalue weighted by Gasteiger charge is -2.30. The maximum Gasteiger partial charge on any atom is 0.244 e. The van der Waals surface area contributed by atoms with E-state index in [1.165, 1.54) is 11.0 Å². The van der Waals surface area contributed by atoms with Crippen molar-refractivity contribution in [2.75, 3.05) is 13.1 Å². The Hall–Kier alpha value is -2.32. The van der Waals surface area contributed by atoms with Crippen LogP contribution in [0.5, 0.6) is 0 Å². The first-order valence-corrected chi connectivity index (χ1v) is 7.45. The standard InChI is InChI=1S/C13H19N7O2/c1-9(2)12-15-13(22-16-12)10-4-3-5-19(6-10)11(21)7-20-8-14-17-18-20/h8-10H,3-7H2,1-2H3/t10-/m0/s1. The zero-order valence-corrected chi connectivity index (χ0v) is 12.7. The summed E-state index contributed by atoms with van der Waals surface area (Å²) in [6.07, 6.45) is 3.31. The van der Waals surface area contributed by atoms with Gasteiger partial charge in [0.15, 0.2) is 5.82 Å². The highest BCUT2D eigenvalue weighted by Crippen LogP contribution is 2.26. The van der Waals surface area contributed by atoms with E-state index in [-0.39, 0.29) is 24.3 Å². The van der Waals surface area contributed by atoms with Crippen molar-refractivity contribution in [2.24, 2.45) is 0 Å². The predicted octanol–water partition coefficient (Wildman–Crippen LogP) is 0.586. The minimum atomic E-state index is 0.000554. The van der Waals surface area contributed by atoms with Crippen molar-refractivity contribution in [1.82, 2.24) is 35.2 Å². The van der Waals surface area contributed by atoms with Crippen LogP contribution in [-0.4, -0.2) is 54.2 Å². The number of piperidine rings is 1. The highest BCUT2D eigenvalue weighted by molar-refractivity contribution is 5.76. The van der Waals surface area contributed by atoms with Crippen LogP contribution in [0.15, 0.2) is 10.9 Å². The second-order valence-corrected chi connectivity index (χ2v) is 5.83. The van der Waals surface area contributed by atoms with Gasteiger partial charge in [-0.15, -0.1) is 5.10 Å². The van der Waals surface area contributed by atoms with Crippen LogP contribution in [0, 0.1) is 0 Å². The molecule has 0 aliphatic carbocycles. The van der Waals surface area contributed by atoms with Crippen LogP contribution in [0.25, 0.3) is 0 Å². The number of carbonyl (C=O) groups excluding carboxylic acids is 1. The van der Waals surface area contributed by atoms with Gasteiger partial charge in [-0.1, -0.05) is 19.0 Å². The van der Waals surface area contributed by atoms with E-state index >= 15 is 0 Å². The molecule has 0 aromatic carbocycles. The van der Waals surface area contributed by atoms with Crippen LogP contribution >= 0.6 is 0 Å². The summed E-state index contributed by atoms with van der Waals surface area (Å²) in [5.74, 6) is 1.68. The Labute approximate surface area is 127 Å². The zero-order valence-electron chi connectivity index (χ0n) is 12.7. The fraction of sp³-hybridized carbons (Fsp3) is 0.692. The molecule has 2 aromatic rings. The molecule has 1 atom stereocenters. The number of hydrogen-bond acceptors (Lipinski definition) is 7. The largest absolute Gasteiger partial charge is 0.340 e. The molecule has 3 heterocycles. The molecule has 0 radical (unpaired) electrons. The zero-order chi connectivity index (χ0) is 15.5. The van der Waals surface area contributed by atoms with E-state index in [9.17, 15) is 4.79 Å². The van der Waals surface area contributed by atoms with E-state index in [2.05, 4.69) is 25.7 Å². The monoisotopic (exact) mass is 305 g/mol. The van der Waals surface area contributed by atoms with Crippen molar-refractivity contribution in [2.45, 2.75) is 45.1 Å². The van der Waals surface area contributed by atoms with E-state index in [1.807, 2.05) is 18.7 Å². The molecule has 0 bridgehead atoms. The first-order valence-electron chi connectivity index (χ1n) is 7.45. The SMILES string of the molecule is CC(C)c1noc([C@H]2CCCN(C(=O)Cn3cnnn3)C2)n1. The van der Waals surface area contributed by atoms with Crippen LogP contribution < -0.4 is 0 Å². The fourth-order valence-electron chi connectivity index (χ4n) is 2.54. The normalized spacial score (nSPS) is 18.9. The van der Waals surface area contributed by atoms with Crippen molar-refractivity contribution in [3.8, 4) is 0 Å². The Morgan fingerprint density at radius 1 is 1.50 bits per heavy atom. The molecule has 0 saturated carbocycles. The van der Waals surface area contributed by atoms with Crippen LogP contribution in [-0.2, 0) is 11.3 Å². The van der Waals surface area contributed by atoms with E-state index in [0.717, 1.165) is 19.4 Å². The fourth-order valence-corrected chi connectivity index (χ4v) is 2.54. The number of tetrazole rings is 1. The summed E-state index contributed by atoms with van der Waals surface area (Å²) < 4.78 is 6.79. The molecule has 1 saturated heterocycles. The lowest BCUT2D eigenvalue weighted by atomic mass is 9.98. The van der Waals surface area contributed by atoms with E-state index in [4.69, 9.17) is 4.52 Å². The highest BCUT2D eigenvalue weighted by atomic mass is 16.5. The molecule has 118 valence electrons. The average Bonchev–Trinajstić information content (AvgIpc) is 3.18. The number of rotatable bonds is 4. The minimum Gasteiger partial charge on any atom is -0.340 e. The van der Waals surface area contributed by atoms with Gasteiger partial charge in [0.25, 0.3) is 0 Å². The molecule has 1 amide bonds. The van der Waals surface area contributed by atoms with Gasteiger partial charge in [0.2, 0.25) is 11.8 Å². The molecule has 1 aliphatic rings. The summed E-state index contributed by atoms with van der Waals surface area (Å²) >= 11 is 0. The number of nitrogens with zero attached hydrogens (tertiary/aromatic N) is 7. The first-order chi connectivity index (χ1) is 10.6. The maximum atomic E-state index is 12.3. The quantitative estimate of drug-likeness (QED) is 0.814. The van der Waals surface area contributed by atoms with Gasteiger partial charge in [-0.3, -0.25) is 4.79 Å². The number of aromatic nitrogens is 6. The van der Waals surface area contributed by atoms with Gasteiger partial charge in [0.1, 0.15) is 12.9 Å². The molecular weight excluding hydrogens is 286 g/mol. The summed E-state index contributed by atoms with van der Waals surface area (Å²) in [6, 6.07) is 0. The number of hydrogen-bond donors (Lipinski definition) is 0. The molecule has 0 N–H and O–H groups in total. The van der Waals surface area contributed by atoms with E-state index in [0.29, 0.717) is 18.3 Å².